The predicted octanol–water partition coefficient (Wildman–Crippen LogP) is 1.76. The van der Waals surface area contributed by atoms with Gasteiger partial charge in [0.25, 0.3) is 0 Å². The van der Waals surface area contributed by atoms with E-state index in [4.69, 9.17) is 10.5 Å². The van der Waals surface area contributed by atoms with Crippen molar-refractivity contribution in [3.05, 3.63) is 0 Å². The summed E-state index contributed by atoms with van der Waals surface area (Å²) in [5.41, 5.74) is 6.24. The Bertz CT molecular complexity index is 204. The Morgan fingerprint density at radius 2 is 1.94 bits per heavy atom. The molecule has 2 rings (SSSR count). The van der Waals surface area contributed by atoms with Crippen LogP contribution in [0.1, 0.15) is 45.4 Å². The van der Waals surface area contributed by atoms with Crippen LogP contribution in [0.15, 0.2) is 0 Å². The molecule has 0 aromatic heterocycles. The molecule has 2 unspecified atom stereocenters. The van der Waals surface area contributed by atoms with Gasteiger partial charge in [-0.15, -0.1) is 0 Å². The second kappa shape index (κ2) is 5.99. The zero-order valence-electron chi connectivity index (χ0n) is 10.5. The topological polar surface area (TPSA) is 38.5 Å². The van der Waals surface area contributed by atoms with Crippen LogP contribution in [0, 0.1) is 0 Å². The van der Waals surface area contributed by atoms with Crippen LogP contribution in [0.5, 0.6) is 0 Å². The zero-order chi connectivity index (χ0) is 11.4. The lowest BCUT2D eigenvalue weighted by Gasteiger charge is -2.43. The van der Waals surface area contributed by atoms with Crippen LogP contribution in [0.25, 0.3) is 0 Å². The molecule has 0 amide bonds. The van der Waals surface area contributed by atoms with Gasteiger partial charge in [-0.1, -0.05) is 26.2 Å². The molecule has 0 aromatic rings. The Morgan fingerprint density at radius 1 is 1.19 bits per heavy atom. The average Bonchev–Trinajstić information content (AvgIpc) is 2.34. The van der Waals surface area contributed by atoms with Crippen molar-refractivity contribution in [2.75, 3.05) is 19.8 Å². The highest BCUT2D eigenvalue weighted by molar-refractivity contribution is 4.89. The van der Waals surface area contributed by atoms with Crippen molar-refractivity contribution in [1.82, 2.24) is 4.90 Å². The standard InChI is InChI=1S/C13H26N2O/c1-2-15(11-6-4-3-5-7-11)13-10-16-9-8-12(13)14/h11-13H,2-10,14H2,1H3. The summed E-state index contributed by atoms with van der Waals surface area (Å²) in [6.07, 6.45) is 7.94. The molecular weight excluding hydrogens is 200 g/mol. The van der Waals surface area contributed by atoms with Gasteiger partial charge in [0.05, 0.1) is 6.61 Å². The van der Waals surface area contributed by atoms with Crippen LogP contribution in [-0.4, -0.2) is 42.8 Å². The highest BCUT2D eigenvalue weighted by Gasteiger charge is 2.32. The molecular formula is C13H26N2O. The first-order valence-corrected chi connectivity index (χ1v) is 6.92. The van der Waals surface area contributed by atoms with Crippen molar-refractivity contribution in [2.45, 2.75) is 63.6 Å². The van der Waals surface area contributed by atoms with E-state index in [0.29, 0.717) is 12.1 Å². The quantitative estimate of drug-likeness (QED) is 0.797. The van der Waals surface area contributed by atoms with E-state index < -0.39 is 0 Å². The molecule has 2 fully saturated rings. The number of hydrogen-bond acceptors (Lipinski definition) is 3. The number of ether oxygens (including phenoxy) is 1. The first-order chi connectivity index (χ1) is 7.83. The van der Waals surface area contributed by atoms with Crippen LogP contribution in [0.3, 0.4) is 0 Å². The van der Waals surface area contributed by atoms with Gasteiger partial charge < -0.3 is 10.5 Å². The SMILES string of the molecule is CCN(C1CCCCC1)C1COCCC1N. The number of nitrogens with zero attached hydrogens (tertiary/aromatic N) is 1. The molecule has 1 saturated carbocycles. The first-order valence-electron chi connectivity index (χ1n) is 6.92. The number of hydrogen-bond donors (Lipinski definition) is 1. The van der Waals surface area contributed by atoms with Gasteiger partial charge in [-0.05, 0) is 25.8 Å². The predicted molar refractivity (Wildman–Crippen MR) is 66.5 cm³/mol. The van der Waals surface area contributed by atoms with E-state index in [1.807, 2.05) is 0 Å². The average molecular weight is 226 g/mol. The minimum Gasteiger partial charge on any atom is -0.380 e. The Labute approximate surface area is 99.3 Å². The molecule has 94 valence electrons. The molecule has 1 heterocycles. The third-order valence-corrected chi connectivity index (χ3v) is 4.21. The van der Waals surface area contributed by atoms with Gasteiger partial charge in [0.2, 0.25) is 0 Å². The summed E-state index contributed by atoms with van der Waals surface area (Å²) >= 11 is 0. The summed E-state index contributed by atoms with van der Waals surface area (Å²) < 4.78 is 5.60. The molecule has 1 aliphatic carbocycles. The normalized spacial score (nSPS) is 33.2. The summed E-state index contributed by atoms with van der Waals surface area (Å²) in [6.45, 7) is 5.06. The minimum absolute atomic E-state index is 0.315. The fraction of sp³-hybridized carbons (Fsp3) is 1.00. The summed E-state index contributed by atoms with van der Waals surface area (Å²) in [5.74, 6) is 0. The smallest absolute Gasteiger partial charge is 0.0637 e. The van der Waals surface area contributed by atoms with Crippen LogP contribution in [0.4, 0.5) is 0 Å². The third-order valence-electron chi connectivity index (χ3n) is 4.21. The molecule has 0 aromatic carbocycles. The van der Waals surface area contributed by atoms with Crippen molar-refractivity contribution >= 4 is 0 Å². The van der Waals surface area contributed by atoms with Crippen LogP contribution < -0.4 is 5.73 Å². The van der Waals surface area contributed by atoms with Gasteiger partial charge in [-0.2, -0.15) is 0 Å². The maximum Gasteiger partial charge on any atom is 0.0637 e. The van der Waals surface area contributed by atoms with Gasteiger partial charge in [0.1, 0.15) is 0 Å². The van der Waals surface area contributed by atoms with Crippen LogP contribution in [-0.2, 0) is 4.74 Å². The summed E-state index contributed by atoms with van der Waals surface area (Å²) in [7, 11) is 0. The van der Waals surface area contributed by atoms with Gasteiger partial charge >= 0.3 is 0 Å². The van der Waals surface area contributed by atoms with Crippen molar-refractivity contribution in [2.24, 2.45) is 5.73 Å². The van der Waals surface area contributed by atoms with E-state index in [9.17, 15) is 0 Å². The fourth-order valence-corrected chi connectivity index (χ4v) is 3.26. The minimum atomic E-state index is 0.315. The first kappa shape index (κ1) is 12.3. The monoisotopic (exact) mass is 226 g/mol. The number of rotatable bonds is 3. The largest absolute Gasteiger partial charge is 0.380 e. The molecule has 0 bridgehead atoms. The number of likely N-dealkylation sites (N-methyl/N-ethyl adjacent to an activating group) is 1. The summed E-state index contributed by atoms with van der Waals surface area (Å²) in [4.78, 5) is 2.61. The molecule has 3 heteroatoms. The Morgan fingerprint density at radius 3 is 2.56 bits per heavy atom. The molecule has 2 atom stereocenters. The van der Waals surface area contributed by atoms with Crippen molar-refractivity contribution in [3.8, 4) is 0 Å². The van der Waals surface area contributed by atoms with Crippen molar-refractivity contribution in [3.63, 3.8) is 0 Å². The molecule has 1 aliphatic heterocycles. The highest BCUT2D eigenvalue weighted by atomic mass is 16.5. The third kappa shape index (κ3) is 2.76. The summed E-state index contributed by atoms with van der Waals surface area (Å²) in [5, 5.41) is 0. The lowest BCUT2D eigenvalue weighted by Crippen LogP contribution is -2.56. The molecule has 16 heavy (non-hydrogen) atoms. The van der Waals surface area contributed by atoms with Gasteiger partial charge in [0, 0.05) is 24.7 Å². The molecule has 2 N–H and O–H groups in total. The molecule has 3 nitrogen and oxygen atoms in total. The van der Waals surface area contributed by atoms with E-state index >= 15 is 0 Å². The Balaban J connectivity index is 1.96. The van der Waals surface area contributed by atoms with E-state index in [1.165, 1.54) is 32.1 Å². The maximum atomic E-state index is 6.24. The van der Waals surface area contributed by atoms with Gasteiger partial charge in [-0.25, -0.2) is 0 Å². The van der Waals surface area contributed by atoms with Gasteiger partial charge in [-0.3, -0.25) is 4.90 Å². The zero-order valence-corrected chi connectivity index (χ0v) is 10.5. The second-order valence-electron chi connectivity index (χ2n) is 5.22. The Kier molecular flexibility index (Phi) is 4.62. The van der Waals surface area contributed by atoms with E-state index in [0.717, 1.165) is 32.2 Å². The highest BCUT2D eigenvalue weighted by Crippen LogP contribution is 2.26. The van der Waals surface area contributed by atoms with Gasteiger partial charge in [0.15, 0.2) is 0 Å². The van der Waals surface area contributed by atoms with Crippen molar-refractivity contribution < 1.29 is 4.74 Å². The Hall–Kier alpha value is -0.120. The molecule has 1 saturated heterocycles. The molecule has 0 spiro atoms. The molecule has 0 radical (unpaired) electrons. The lowest BCUT2D eigenvalue weighted by molar-refractivity contribution is -0.0156. The maximum absolute atomic E-state index is 6.24. The van der Waals surface area contributed by atoms with E-state index in [1.54, 1.807) is 0 Å². The van der Waals surface area contributed by atoms with E-state index in [-0.39, 0.29) is 0 Å². The van der Waals surface area contributed by atoms with Crippen molar-refractivity contribution in [1.29, 1.82) is 0 Å². The number of nitrogens with two attached hydrogens (primary N) is 1. The second-order valence-corrected chi connectivity index (χ2v) is 5.22. The van der Waals surface area contributed by atoms with E-state index in [2.05, 4.69) is 11.8 Å². The van der Waals surface area contributed by atoms with Crippen LogP contribution in [0.2, 0.25) is 0 Å². The van der Waals surface area contributed by atoms with Crippen LogP contribution >= 0.6 is 0 Å². The molecule has 2 aliphatic rings. The lowest BCUT2D eigenvalue weighted by atomic mass is 9.91. The summed E-state index contributed by atoms with van der Waals surface area (Å²) in [6, 6.07) is 1.54. The fourth-order valence-electron chi connectivity index (χ4n) is 3.26.